The molecule has 148 valence electrons. The van der Waals surface area contributed by atoms with Crippen molar-refractivity contribution >= 4 is 23.5 Å². The van der Waals surface area contributed by atoms with Crippen molar-refractivity contribution in [1.29, 1.82) is 0 Å². The summed E-state index contributed by atoms with van der Waals surface area (Å²) in [5.41, 5.74) is 0. The van der Waals surface area contributed by atoms with E-state index in [4.69, 9.17) is 14.0 Å². The molecule has 9 nitrogen and oxygen atoms in total. The lowest BCUT2D eigenvalue weighted by atomic mass is 10.3. The number of methoxy groups -OCH3 is 1. The number of nitrogens with zero attached hydrogens (tertiary/aromatic N) is 4. The van der Waals surface area contributed by atoms with Crippen molar-refractivity contribution in [2.75, 3.05) is 18.2 Å². The van der Waals surface area contributed by atoms with E-state index in [2.05, 4.69) is 20.7 Å². The zero-order valence-corrected chi connectivity index (χ0v) is 16.8. The lowest BCUT2D eigenvalue weighted by Gasteiger charge is -2.14. The number of nitrogens with one attached hydrogen (secondary N) is 1. The van der Waals surface area contributed by atoms with E-state index >= 15 is 0 Å². The highest BCUT2D eigenvalue weighted by atomic mass is 32.2. The third kappa shape index (κ3) is 4.83. The minimum Gasteiger partial charge on any atom is -0.497 e. The largest absolute Gasteiger partial charge is 0.497 e. The Labute approximate surface area is 166 Å². The quantitative estimate of drug-likeness (QED) is 0.573. The van der Waals surface area contributed by atoms with Crippen LogP contribution in [0.5, 0.6) is 11.5 Å². The predicted octanol–water partition coefficient (Wildman–Crippen LogP) is 2.99. The second-order valence-corrected chi connectivity index (χ2v) is 6.94. The number of carbonyl (C=O) groups is 1. The Morgan fingerprint density at radius 3 is 2.64 bits per heavy atom. The number of amides is 1. The SMILES string of the molecule is COc1ccc(OC(C)c2nnc(SCC(=O)Nc3cc(C)on3)n2C)cc1. The highest BCUT2D eigenvalue weighted by molar-refractivity contribution is 7.99. The maximum Gasteiger partial charge on any atom is 0.236 e. The Kier molecular flexibility index (Phi) is 6.19. The third-order valence-corrected chi connectivity index (χ3v) is 4.85. The number of anilines is 1. The number of ether oxygens (including phenoxy) is 2. The van der Waals surface area contributed by atoms with Crippen molar-refractivity contribution in [2.24, 2.45) is 7.05 Å². The van der Waals surface area contributed by atoms with Crippen molar-refractivity contribution in [3.05, 3.63) is 41.9 Å². The van der Waals surface area contributed by atoms with Gasteiger partial charge in [0.2, 0.25) is 5.91 Å². The highest BCUT2D eigenvalue weighted by Crippen LogP contribution is 2.25. The summed E-state index contributed by atoms with van der Waals surface area (Å²) in [6.45, 7) is 3.65. The molecule has 0 fully saturated rings. The van der Waals surface area contributed by atoms with E-state index in [1.807, 2.05) is 42.8 Å². The van der Waals surface area contributed by atoms with Crippen LogP contribution >= 0.6 is 11.8 Å². The maximum absolute atomic E-state index is 12.0. The molecule has 0 saturated carbocycles. The molecular weight excluding hydrogens is 382 g/mol. The highest BCUT2D eigenvalue weighted by Gasteiger charge is 2.18. The molecule has 0 aliphatic carbocycles. The van der Waals surface area contributed by atoms with Gasteiger partial charge in [-0.15, -0.1) is 10.2 Å². The summed E-state index contributed by atoms with van der Waals surface area (Å²) >= 11 is 1.28. The molecule has 2 heterocycles. The molecular formula is C18H21N5O4S. The van der Waals surface area contributed by atoms with Crippen molar-refractivity contribution in [3.8, 4) is 11.5 Å². The molecule has 1 N–H and O–H groups in total. The van der Waals surface area contributed by atoms with Crippen LogP contribution in [-0.4, -0.2) is 38.7 Å². The van der Waals surface area contributed by atoms with Crippen LogP contribution in [0.4, 0.5) is 5.82 Å². The van der Waals surface area contributed by atoms with Crippen LogP contribution in [-0.2, 0) is 11.8 Å². The van der Waals surface area contributed by atoms with Gasteiger partial charge in [-0.25, -0.2) is 0 Å². The van der Waals surface area contributed by atoms with Crippen LogP contribution in [0.3, 0.4) is 0 Å². The van der Waals surface area contributed by atoms with Crippen molar-refractivity contribution < 1.29 is 18.8 Å². The summed E-state index contributed by atoms with van der Waals surface area (Å²) in [5.74, 6) is 3.11. The van der Waals surface area contributed by atoms with Crippen LogP contribution in [0.25, 0.3) is 0 Å². The molecule has 2 aromatic heterocycles. The molecule has 1 aromatic carbocycles. The molecule has 0 bridgehead atoms. The number of aryl methyl sites for hydroxylation is 1. The first kappa shape index (κ1) is 19.7. The fourth-order valence-corrected chi connectivity index (χ4v) is 3.17. The van der Waals surface area contributed by atoms with Gasteiger partial charge >= 0.3 is 0 Å². The third-order valence-electron chi connectivity index (χ3n) is 3.83. The smallest absolute Gasteiger partial charge is 0.236 e. The van der Waals surface area contributed by atoms with Gasteiger partial charge in [-0.1, -0.05) is 16.9 Å². The first-order valence-corrected chi connectivity index (χ1v) is 9.50. The molecule has 0 saturated heterocycles. The van der Waals surface area contributed by atoms with E-state index in [-0.39, 0.29) is 17.8 Å². The summed E-state index contributed by atoms with van der Waals surface area (Å²) in [4.78, 5) is 12.0. The van der Waals surface area contributed by atoms with Crippen molar-refractivity contribution in [1.82, 2.24) is 19.9 Å². The van der Waals surface area contributed by atoms with Gasteiger partial charge in [0, 0.05) is 13.1 Å². The van der Waals surface area contributed by atoms with Crippen LogP contribution in [0.1, 0.15) is 24.6 Å². The zero-order chi connectivity index (χ0) is 20.1. The molecule has 3 aromatic rings. The molecule has 0 aliphatic rings. The number of hydrogen-bond donors (Lipinski definition) is 1. The maximum atomic E-state index is 12.0. The molecule has 1 amide bonds. The van der Waals surface area contributed by atoms with E-state index in [0.717, 1.165) is 5.75 Å². The van der Waals surface area contributed by atoms with Gasteiger partial charge < -0.3 is 23.9 Å². The summed E-state index contributed by atoms with van der Waals surface area (Å²) in [5, 5.41) is 15.4. The number of rotatable bonds is 8. The minimum absolute atomic E-state index is 0.172. The first-order valence-electron chi connectivity index (χ1n) is 8.52. The van der Waals surface area contributed by atoms with Gasteiger partial charge in [0.05, 0.1) is 12.9 Å². The van der Waals surface area contributed by atoms with Gasteiger partial charge in [-0.05, 0) is 38.1 Å². The van der Waals surface area contributed by atoms with E-state index in [9.17, 15) is 4.79 Å². The molecule has 1 atom stereocenters. The summed E-state index contributed by atoms with van der Waals surface area (Å²) in [6, 6.07) is 8.97. The molecule has 1 unspecified atom stereocenters. The van der Waals surface area contributed by atoms with Gasteiger partial charge in [-0.2, -0.15) is 0 Å². The average molecular weight is 403 g/mol. The Morgan fingerprint density at radius 2 is 2.00 bits per heavy atom. The Balaban J connectivity index is 1.56. The van der Waals surface area contributed by atoms with E-state index in [0.29, 0.717) is 28.3 Å². The van der Waals surface area contributed by atoms with Gasteiger partial charge in [0.25, 0.3) is 0 Å². The second kappa shape index (κ2) is 8.79. The summed E-state index contributed by atoms with van der Waals surface area (Å²) in [7, 11) is 3.45. The summed E-state index contributed by atoms with van der Waals surface area (Å²) in [6.07, 6.45) is -0.313. The number of thioether (sulfide) groups is 1. The Hall–Kier alpha value is -3.01. The van der Waals surface area contributed by atoms with Crippen molar-refractivity contribution in [3.63, 3.8) is 0 Å². The van der Waals surface area contributed by atoms with Crippen molar-refractivity contribution in [2.45, 2.75) is 25.1 Å². The fraction of sp³-hybridized carbons (Fsp3) is 0.333. The average Bonchev–Trinajstić information content (AvgIpc) is 3.26. The van der Waals surface area contributed by atoms with Crippen LogP contribution in [0.2, 0.25) is 0 Å². The molecule has 28 heavy (non-hydrogen) atoms. The number of aromatic nitrogens is 4. The fourth-order valence-electron chi connectivity index (χ4n) is 2.45. The topological polar surface area (TPSA) is 104 Å². The van der Waals surface area contributed by atoms with E-state index in [1.165, 1.54) is 11.8 Å². The molecule has 3 rings (SSSR count). The standard InChI is InChI=1S/C18H21N5O4S/c1-11-9-15(22-27-11)19-16(24)10-28-18-21-20-17(23(18)3)12(2)26-14-7-5-13(25-4)6-8-14/h5-9,12H,10H2,1-4H3,(H,19,22,24). The van der Waals surface area contributed by atoms with Crippen LogP contribution < -0.4 is 14.8 Å². The first-order chi connectivity index (χ1) is 13.5. The Morgan fingerprint density at radius 1 is 1.29 bits per heavy atom. The van der Waals surface area contributed by atoms with Gasteiger partial charge in [0.1, 0.15) is 17.3 Å². The number of benzene rings is 1. The number of carbonyl (C=O) groups excluding carboxylic acids is 1. The normalized spacial score (nSPS) is 11.9. The molecule has 10 heteroatoms. The molecule has 0 aliphatic heterocycles. The lowest BCUT2D eigenvalue weighted by Crippen LogP contribution is -2.15. The van der Waals surface area contributed by atoms with Gasteiger partial charge in [-0.3, -0.25) is 4.79 Å². The molecule has 0 radical (unpaired) electrons. The second-order valence-electron chi connectivity index (χ2n) is 6.00. The van der Waals surface area contributed by atoms with E-state index in [1.54, 1.807) is 20.1 Å². The number of hydrogen-bond acceptors (Lipinski definition) is 8. The van der Waals surface area contributed by atoms with Crippen LogP contribution in [0, 0.1) is 6.92 Å². The Bertz CT molecular complexity index is 938. The monoisotopic (exact) mass is 403 g/mol. The predicted molar refractivity (Wildman–Crippen MR) is 104 cm³/mol. The summed E-state index contributed by atoms with van der Waals surface area (Å²) < 4.78 is 17.8. The molecule has 0 spiro atoms. The van der Waals surface area contributed by atoms with Crippen LogP contribution in [0.15, 0.2) is 40.0 Å². The van der Waals surface area contributed by atoms with Gasteiger partial charge in [0.15, 0.2) is 22.9 Å². The van der Waals surface area contributed by atoms with E-state index < -0.39 is 0 Å². The minimum atomic E-state index is -0.313. The lowest BCUT2D eigenvalue weighted by molar-refractivity contribution is -0.113. The zero-order valence-electron chi connectivity index (χ0n) is 16.0.